The molecule has 5 aromatic rings. The van der Waals surface area contributed by atoms with Gasteiger partial charge in [-0.2, -0.15) is 0 Å². The molecule has 0 atom stereocenters. The molecule has 146 valence electrons. The number of hydrogen-bond donors (Lipinski definition) is 1. The van der Waals surface area contributed by atoms with Crippen molar-refractivity contribution in [1.82, 2.24) is 24.8 Å². The first-order chi connectivity index (χ1) is 14.7. The van der Waals surface area contributed by atoms with E-state index in [0.717, 1.165) is 33.5 Å². The Bertz CT molecular complexity index is 1370. The minimum atomic E-state index is -0.132. The molecule has 3 aromatic carbocycles. The van der Waals surface area contributed by atoms with Crippen LogP contribution in [0.4, 0.5) is 0 Å². The Morgan fingerprint density at radius 2 is 1.77 bits per heavy atom. The molecule has 0 spiro atoms. The monoisotopic (exact) mass is 393 g/mol. The predicted octanol–water partition coefficient (Wildman–Crippen LogP) is 4.05. The molecular weight excluding hydrogens is 374 g/mol. The van der Waals surface area contributed by atoms with Gasteiger partial charge in [-0.25, -0.2) is 4.98 Å². The highest BCUT2D eigenvalue weighted by Crippen LogP contribution is 2.30. The molecule has 0 aliphatic rings. The van der Waals surface area contributed by atoms with Gasteiger partial charge in [0.1, 0.15) is 5.82 Å². The average molecular weight is 393 g/mol. The van der Waals surface area contributed by atoms with E-state index in [9.17, 15) is 4.79 Å². The maximum Gasteiger partial charge on any atom is 0.251 e. The van der Waals surface area contributed by atoms with Gasteiger partial charge in [0.2, 0.25) is 0 Å². The van der Waals surface area contributed by atoms with E-state index in [0.29, 0.717) is 12.1 Å². The first-order valence-corrected chi connectivity index (χ1v) is 9.71. The standard InChI is InChI=1S/C24H19N5O/c1-25-24(30)17-10-11-21-20(14-17)28-23(29(21)15-16-6-3-2-4-7-16)18-8-5-9-19-22(18)27-13-12-26-19/h2-14H,15H2,1H3,(H,25,30). The summed E-state index contributed by atoms with van der Waals surface area (Å²) in [4.78, 5) is 26.0. The van der Waals surface area contributed by atoms with Gasteiger partial charge in [-0.1, -0.05) is 36.4 Å². The molecule has 0 radical (unpaired) electrons. The lowest BCUT2D eigenvalue weighted by atomic mass is 10.1. The van der Waals surface area contributed by atoms with Gasteiger partial charge >= 0.3 is 0 Å². The lowest BCUT2D eigenvalue weighted by Gasteiger charge is -2.11. The van der Waals surface area contributed by atoms with Crippen LogP contribution in [-0.4, -0.2) is 32.5 Å². The highest BCUT2D eigenvalue weighted by molar-refractivity contribution is 5.98. The zero-order valence-electron chi connectivity index (χ0n) is 16.4. The van der Waals surface area contributed by atoms with Crippen molar-refractivity contribution in [3.05, 3.63) is 90.3 Å². The number of nitrogens with one attached hydrogen (secondary N) is 1. The number of imidazole rings is 1. The third kappa shape index (κ3) is 3.08. The fourth-order valence-electron chi connectivity index (χ4n) is 3.72. The fourth-order valence-corrected chi connectivity index (χ4v) is 3.72. The summed E-state index contributed by atoms with van der Waals surface area (Å²) in [6.07, 6.45) is 3.38. The number of benzene rings is 3. The van der Waals surface area contributed by atoms with Gasteiger partial charge < -0.3 is 9.88 Å². The minimum absolute atomic E-state index is 0.132. The van der Waals surface area contributed by atoms with E-state index >= 15 is 0 Å². The minimum Gasteiger partial charge on any atom is -0.355 e. The number of fused-ring (bicyclic) bond motifs is 2. The number of amides is 1. The van der Waals surface area contributed by atoms with E-state index in [-0.39, 0.29) is 5.91 Å². The first kappa shape index (κ1) is 18.0. The van der Waals surface area contributed by atoms with Gasteiger partial charge in [0.25, 0.3) is 5.91 Å². The van der Waals surface area contributed by atoms with Gasteiger partial charge in [-0.3, -0.25) is 14.8 Å². The number of hydrogen-bond acceptors (Lipinski definition) is 4. The zero-order chi connectivity index (χ0) is 20.5. The van der Waals surface area contributed by atoms with Crippen LogP contribution in [0.25, 0.3) is 33.5 Å². The lowest BCUT2D eigenvalue weighted by Crippen LogP contribution is -2.17. The second-order valence-corrected chi connectivity index (χ2v) is 7.02. The summed E-state index contributed by atoms with van der Waals surface area (Å²) in [7, 11) is 1.63. The van der Waals surface area contributed by atoms with E-state index in [1.807, 2.05) is 54.6 Å². The summed E-state index contributed by atoms with van der Waals surface area (Å²) in [5.74, 6) is 0.668. The average Bonchev–Trinajstić information content (AvgIpc) is 3.16. The number of aromatic nitrogens is 4. The molecule has 1 N–H and O–H groups in total. The molecule has 6 heteroatoms. The normalized spacial score (nSPS) is 11.1. The van der Waals surface area contributed by atoms with Crippen LogP contribution in [0.3, 0.4) is 0 Å². The molecule has 1 amide bonds. The van der Waals surface area contributed by atoms with Crippen LogP contribution in [0.1, 0.15) is 15.9 Å². The van der Waals surface area contributed by atoms with Crippen molar-refractivity contribution in [3.63, 3.8) is 0 Å². The van der Waals surface area contributed by atoms with Crippen LogP contribution in [0, 0.1) is 0 Å². The molecule has 0 unspecified atom stereocenters. The second kappa shape index (κ2) is 7.40. The lowest BCUT2D eigenvalue weighted by molar-refractivity contribution is 0.0963. The summed E-state index contributed by atoms with van der Waals surface area (Å²) in [5, 5.41) is 2.67. The third-order valence-electron chi connectivity index (χ3n) is 5.16. The van der Waals surface area contributed by atoms with Crippen molar-refractivity contribution in [2.45, 2.75) is 6.54 Å². The maximum atomic E-state index is 12.1. The van der Waals surface area contributed by atoms with Crippen LogP contribution in [0.15, 0.2) is 79.1 Å². The van der Waals surface area contributed by atoms with Crippen molar-refractivity contribution in [3.8, 4) is 11.4 Å². The summed E-state index contributed by atoms with van der Waals surface area (Å²) in [5.41, 5.74) is 6.01. The topological polar surface area (TPSA) is 72.7 Å². The molecule has 2 heterocycles. The van der Waals surface area contributed by atoms with Crippen molar-refractivity contribution >= 4 is 28.0 Å². The Labute approximate surface area is 173 Å². The first-order valence-electron chi connectivity index (χ1n) is 9.71. The largest absolute Gasteiger partial charge is 0.355 e. The number of nitrogens with zero attached hydrogens (tertiary/aromatic N) is 4. The van der Waals surface area contributed by atoms with Crippen LogP contribution < -0.4 is 5.32 Å². The second-order valence-electron chi connectivity index (χ2n) is 7.02. The number of carbonyl (C=O) groups excluding carboxylic acids is 1. The highest BCUT2D eigenvalue weighted by Gasteiger charge is 2.17. The highest BCUT2D eigenvalue weighted by atomic mass is 16.1. The quantitative estimate of drug-likeness (QED) is 0.500. The third-order valence-corrected chi connectivity index (χ3v) is 5.16. The molecule has 30 heavy (non-hydrogen) atoms. The van der Waals surface area contributed by atoms with E-state index in [2.05, 4.69) is 32.0 Å². The fraction of sp³-hybridized carbons (Fsp3) is 0.0833. The molecule has 0 fully saturated rings. The summed E-state index contributed by atoms with van der Waals surface area (Å²) < 4.78 is 2.17. The van der Waals surface area contributed by atoms with E-state index in [1.165, 1.54) is 5.56 Å². The Kier molecular flexibility index (Phi) is 4.44. The molecule has 0 aliphatic carbocycles. The van der Waals surface area contributed by atoms with Gasteiger partial charge in [-0.05, 0) is 35.9 Å². The van der Waals surface area contributed by atoms with Crippen LogP contribution in [0.2, 0.25) is 0 Å². The van der Waals surface area contributed by atoms with Crippen LogP contribution >= 0.6 is 0 Å². The van der Waals surface area contributed by atoms with Gasteiger partial charge in [-0.15, -0.1) is 0 Å². The van der Waals surface area contributed by atoms with Crippen molar-refractivity contribution < 1.29 is 4.79 Å². The molecule has 6 nitrogen and oxygen atoms in total. The molecule has 0 saturated carbocycles. The van der Waals surface area contributed by atoms with Crippen molar-refractivity contribution in [2.75, 3.05) is 7.05 Å². The van der Waals surface area contributed by atoms with Gasteiger partial charge in [0, 0.05) is 37.1 Å². The predicted molar refractivity (Wildman–Crippen MR) is 117 cm³/mol. The summed E-state index contributed by atoms with van der Waals surface area (Å²) in [6.45, 7) is 0.655. The number of rotatable bonds is 4. The molecular formula is C24H19N5O. The maximum absolute atomic E-state index is 12.1. The molecule has 0 bridgehead atoms. The van der Waals surface area contributed by atoms with Crippen LogP contribution in [-0.2, 0) is 6.54 Å². The zero-order valence-corrected chi connectivity index (χ0v) is 16.4. The smallest absolute Gasteiger partial charge is 0.251 e. The Morgan fingerprint density at radius 3 is 2.60 bits per heavy atom. The number of para-hydroxylation sites is 1. The Balaban J connectivity index is 1.76. The van der Waals surface area contributed by atoms with E-state index < -0.39 is 0 Å². The Morgan fingerprint density at radius 1 is 0.933 bits per heavy atom. The molecule has 5 rings (SSSR count). The molecule has 0 saturated heterocycles. The van der Waals surface area contributed by atoms with Crippen molar-refractivity contribution in [2.24, 2.45) is 0 Å². The van der Waals surface area contributed by atoms with E-state index in [1.54, 1.807) is 19.4 Å². The summed E-state index contributed by atoms with van der Waals surface area (Å²) in [6, 6.07) is 21.8. The van der Waals surface area contributed by atoms with Gasteiger partial charge in [0.05, 0.1) is 22.1 Å². The Hall–Kier alpha value is -4.06. The van der Waals surface area contributed by atoms with Crippen molar-refractivity contribution in [1.29, 1.82) is 0 Å². The molecule has 0 aliphatic heterocycles. The summed E-state index contributed by atoms with van der Waals surface area (Å²) >= 11 is 0. The SMILES string of the molecule is CNC(=O)c1ccc2c(c1)nc(-c1cccc3nccnc13)n2Cc1ccccc1. The molecule has 2 aromatic heterocycles. The van der Waals surface area contributed by atoms with Crippen LogP contribution in [0.5, 0.6) is 0 Å². The number of carbonyl (C=O) groups is 1. The van der Waals surface area contributed by atoms with E-state index in [4.69, 9.17) is 4.98 Å². The van der Waals surface area contributed by atoms with Gasteiger partial charge in [0.15, 0.2) is 0 Å².